The van der Waals surface area contributed by atoms with E-state index in [0.29, 0.717) is 22.6 Å². The zero-order valence-electron chi connectivity index (χ0n) is 15.3. The summed E-state index contributed by atoms with van der Waals surface area (Å²) in [5.41, 5.74) is 1.22. The van der Waals surface area contributed by atoms with Gasteiger partial charge in [-0.2, -0.15) is 10.4 Å². The Balaban J connectivity index is 1.55. The van der Waals surface area contributed by atoms with Crippen molar-refractivity contribution in [2.24, 2.45) is 0 Å². The zero-order valence-corrected chi connectivity index (χ0v) is 15.3. The molecule has 0 unspecified atom stereocenters. The van der Waals surface area contributed by atoms with E-state index in [9.17, 15) is 14.0 Å². The summed E-state index contributed by atoms with van der Waals surface area (Å²) in [6.45, 7) is 0.0763. The average molecular weight is 392 g/mol. The van der Waals surface area contributed by atoms with Crippen LogP contribution in [0.1, 0.15) is 5.56 Å². The summed E-state index contributed by atoms with van der Waals surface area (Å²) >= 11 is 0. The Kier molecular flexibility index (Phi) is 6.32. The van der Waals surface area contributed by atoms with Gasteiger partial charge in [-0.25, -0.2) is 9.07 Å². The van der Waals surface area contributed by atoms with Crippen LogP contribution in [0, 0.1) is 17.1 Å². The number of carbonyl (C=O) groups excluding carboxylic acids is 1. The summed E-state index contributed by atoms with van der Waals surface area (Å²) < 4.78 is 19.6. The molecule has 1 aromatic heterocycles. The second-order valence-corrected chi connectivity index (χ2v) is 6.03. The van der Waals surface area contributed by atoms with Crippen molar-refractivity contribution < 1.29 is 13.9 Å². The molecule has 0 atom stereocenters. The average Bonchev–Trinajstić information content (AvgIpc) is 2.74. The molecule has 2 aromatic carbocycles. The van der Waals surface area contributed by atoms with Gasteiger partial charge in [0.25, 0.3) is 11.5 Å². The molecule has 0 saturated heterocycles. The number of nitriles is 1. The number of amides is 1. The van der Waals surface area contributed by atoms with Crippen molar-refractivity contribution in [3.8, 4) is 23.1 Å². The molecule has 7 nitrogen and oxygen atoms in total. The third-order valence-electron chi connectivity index (χ3n) is 4.02. The fourth-order valence-electron chi connectivity index (χ4n) is 2.56. The summed E-state index contributed by atoms with van der Waals surface area (Å²) in [6, 6.07) is 17.3. The molecule has 1 amide bonds. The quantitative estimate of drug-likeness (QED) is 0.664. The van der Waals surface area contributed by atoms with Crippen molar-refractivity contribution >= 4 is 5.91 Å². The van der Waals surface area contributed by atoms with Gasteiger partial charge in [0.05, 0.1) is 17.8 Å². The Bertz CT molecular complexity index is 1100. The topological polar surface area (TPSA) is 97.0 Å². The van der Waals surface area contributed by atoms with Crippen molar-refractivity contribution in [1.29, 1.82) is 5.26 Å². The first-order valence-electron chi connectivity index (χ1n) is 8.79. The molecule has 0 spiro atoms. The van der Waals surface area contributed by atoms with Gasteiger partial charge in [0.15, 0.2) is 6.61 Å². The number of aromatic nitrogens is 2. The van der Waals surface area contributed by atoms with Crippen molar-refractivity contribution in [2.45, 2.75) is 6.54 Å². The number of para-hydroxylation sites is 1. The van der Waals surface area contributed by atoms with Gasteiger partial charge in [0.1, 0.15) is 17.6 Å². The van der Waals surface area contributed by atoms with E-state index in [1.54, 1.807) is 42.5 Å². The lowest BCUT2D eigenvalue weighted by Crippen LogP contribution is -2.34. The van der Waals surface area contributed by atoms with Crippen LogP contribution in [0.4, 0.5) is 4.39 Å². The lowest BCUT2D eigenvalue weighted by Gasteiger charge is -2.10. The predicted octanol–water partition coefficient (Wildman–Crippen LogP) is 2.12. The highest BCUT2D eigenvalue weighted by Crippen LogP contribution is 2.16. The fourth-order valence-corrected chi connectivity index (χ4v) is 2.56. The molecular formula is C21H17FN4O3. The van der Waals surface area contributed by atoms with E-state index in [4.69, 9.17) is 10.00 Å². The van der Waals surface area contributed by atoms with Gasteiger partial charge in [0, 0.05) is 18.2 Å². The molecule has 0 bridgehead atoms. The van der Waals surface area contributed by atoms with Crippen molar-refractivity contribution in [3.63, 3.8) is 0 Å². The van der Waals surface area contributed by atoms with Gasteiger partial charge in [-0.1, -0.05) is 12.1 Å². The molecule has 0 aliphatic rings. The predicted molar refractivity (Wildman–Crippen MR) is 104 cm³/mol. The van der Waals surface area contributed by atoms with Gasteiger partial charge in [-0.05, 0) is 42.5 Å². The first-order chi connectivity index (χ1) is 14.1. The Labute approximate surface area is 166 Å². The minimum Gasteiger partial charge on any atom is -0.482 e. The Hall–Kier alpha value is -3.99. The molecule has 0 aliphatic heterocycles. The van der Waals surface area contributed by atoms with Gasteiger partial charge >= 0.3 is 0 Å². The highest BCUT2D eigenvalue weighted by atomic mass is 19.1. The SMILES string of the molecule is N#Cc1ccccc1OCC(=O)NCCn1nc(-c2ccc(F)cc2)ccc1=O. The fraction of sp³-hybridized carbons (Fsp3) is 0.143. The number of hydrogen-bond donors (Lipinski definition) is 1. The van der Waals surface area contributed by atoms with Crippen LogP contribution >= 0.6 is 0 Å². The number of nitrogens with zero attached hydrogens (tertiary/aromatic N) is 3. The van der Waals surface area contributed by atoms with Gasteiger partial charge < -0.3 is 10.1 Å². The minimum atomic E-state index is -0.388. The maximum absolute atomic E-state index is 13.1. The largest absolute Gasteiger partial charge is 0.482 e. The number of nitrogens with one attached hydrogen (secondary N) is 1. The van der Waals surface area contributed by atoms with Crippen LogP contribution in [0.5, 0.6) is 5.75 Å². The van der Waals surface area contributed by atoms with Crippen LogP contribution in [0.2, 0.25) is 0 Å². The smallest absolute Gasteiger partial charge is 0.266 e. The number of hydrogen-bond acceptors (Lipinski definition) is 5. The molecule has 3 aromatic rings. The first kappa shape index (κ1) is 19.8. The highest BCUT2D eigenvalue weighted by molar-refractivity contribution is 5.77. The molecule has 1 N–H and O–H groups in total. The summed E-state index contributed by atoms with van der Waals surface area (Å²) in [5, 5.41) is 15.9. The molecule has 146 valence electrons. The normalized spacial score (nSPS) is 10.2. The molecule has 29 heavy (non-hydrogen) atoms. The number of benzene rings is 2. The maximum atomic E-state index is 13.1. The highest BCUT2D eigenvalue weighted by Gasteiger charge is 2.07. The van der Waals surface area contributed by atoms with Crippen LogP contribution in [0.3, 0.4) is 0 Å². The number of carbonyl (C=O) groups is 1. The van der Waals surface area contributed by atoms with Gasteiger partial charge in [-0.3, -0.25) is 9.59 Å². The number of rotatable bonds is 7. The molecule has 0 fully saturated rings. The number of halogens is 1. The van der Waals surface area contributed by atoms with E-state index in [0.717, 1.165) is 0 Å². The standard InChI is InChI=1S/C21H17FN4O3/c22-17-7-5-15(6-8-17)18-9-10-21(28)26(25-18)12-11-24-20(27)14-29-19-4-2-1-3-16(19)13-23/h1-10H,11-12,14H2,(H,24,27). The molecular weight excluding hydrogens is 375 g/mol. The summed E-state index contributed by atoms with van der Waals surface area (Å²) in [5.74, 6) is -0.417. The van der Waals surface area contributed by atoms with Crippen molar-refractivity contribution in [3.05, 3.63) is 82.4 Å². The lowest BCUT2D eigenvalue weighted by molar-refractivity contribution is -0.123. The van der Waals surface area contributed by atoms with E-state index >= 15 is 0 Å². The van der Waals surface area contributed by atoms with E-state index in [2.05, 4.69) is 10.4 Å². The Morgan fingerprint density at radius 1 is 1.14 bits per heavy atom. The van der Waals surface area contributed by atoms with Crippen molar-refractivity contribution in [1.82, 2.24) is 15.1 Å². The van der Waals surface area contributed by atoms with E-state index < -0.39 is 0 Å². The first-order valence-corrected chi connectivity index (χ1v) is 8.79. The zero-order chi connectivity index (χ0) is 20.6. The molecule has 1 heterocycles. The van der Waals surface area contributed by atoms with Crippen LogP contribution in [0.15, 0.2) is 65.5 Å². The Morgan fingerprint density at radius 3 is 2.66 bits per heavy atom. The molecule has 0 aliphatic carbocycles. The van der Waals surface area contributed by atoms with E-state index in [1.165, 1.54) is 22.9 Å². The number of ether oxygens (including phenoxy) is 1. The van der Waals surface area contributed by atoms with E-state index in [1.807, 2.05) is 6.07 Å². The van der Waals surface area contributed by atoms with Crippen LogP contribution in [0.25, 0.3) is 11.3 Å². The van der Waals surface area contributed by atoms with Gasteiger partial charge in [-0.15, -0.1) is 0 Å². The minimum absolute atomic E-state index is 0.161. The van der Waals surface area contributed by atoms with Crippen LogP contribution in [-0.2, 0) is 11.3 Å². The maximum Gasteiger partial charge on any atom is 0.266 e. The molecule has 8 heteroatoms. The second-order valence-electron chi connectivity index (χ2n) is 6.03. The van der Waals surface area contributed by atoms with Gasteiger partial charge in [0.2, 0.25) is 0 Å². The third-order valence-corrected chi connectivity index (χ3v) is 4.02. The van der Waals surface area contributed by atoms with Crippen molar-refractivity contribution in [2.75, 3.05) is 13.2 Å². The lowest BCUT2D eigenvalue weighted by atomic mass is 10.1. The Morgan fingerprint density at radius 2 is 1.90 bits per heavy atom. The molecule has 0 radical (unpaired) electrons. The third kappa shape index (κ3) is 5.26. The second kappa shape index (κ2) is 9.28. The summed E-state index contributed by atoms with van der Waals surface area (Å²) in [7, 11) is 0. The molecule has 0 saturated carbocycles. The summed E-state index contributed by atoms with van der Waals surface area (Å²) in [6.07, 6.45) is 0. The van der Waals surface area contributed by atoms with E-state index in [-0.39, 0.29) is 37.0 Å². The van der Waals surface area contributed by atoms with Crippen LogP contribution in [-0.4, -0.2) is 28.8 Å². The summed E-state index contributed by atoms with van der Waals surface area (Å²) in [4.78, 5) is 23.9. The monoisotopic (exact) mass is 392 g/mol. The van der Waals surface area contributed by atoms with Crippen LogP contribution < -0.4 is 15.6 Å². The molecule has 3 rings (SSSR count).